The fraction of sp³-hybridized carbons (Fsp3) is 0.538. The van der Waals surface area contributed by atoms with Crippen molar-refractivity contribution in [2.24, 2.45) is 5.92 Å². The highest BCUT2D eigenvalue weighted by Gasteiger charge is 2.16. The number of rotatable bonds is 5. The van der Waals surface area contributed by atoms with Crippen LogP contribution in [0.3, 0.4) is 0 Å². The maximum Gasteiger partial charge on any atom is 0.0666 e. The molecule has 0 bridgehead atoms. The van der Waals surface area contributed by atoms with Gasteiger partial charge in [0.25, 0.3) is 0 Å². The normalized spacial score (nSPS) is 12.9. The van der Waals surface area contributed by atoms with Crippen molar-refractivity contribution >= 4 is 37.5 Å². The van der Waals surface area contributed by atoms with Gasteiger partial charge in [-0.05, 0) is 62.4 Å². The minimum absolute atomic E-state index is 0.301. The van der Waals surface area contributed by atoms with E-state index in [1.54, 1.807) is 7.11 Å². The first-order valence-electron chi connectivity index (χ1n) is 5.66. The molecule has 1 aromatic carbocycles. The third kappa shape index (κ3) is 4.27. The van der Waals surface area contributed by atoms with Crippen LogP contribution in [0.4, 0.5) is 5.69 Å². The van der Waals surface area contributed by atoms with Crippen LogP contribution in [0.2, 0.25) is 0 Å². The first-order valence-corrected chi connectivity index (χ1v) is 7.25. The fourth-order valence-electron chi connectivity index (χ4n) is 1.60. The minimum Gasteiger partial charge on any atom is -0.383 e. The van der Waals surface area contributed by atoms with Crippen LogP contribution in [0.5, 0.6) is 0 Å². The van der Waals surface area contributed by atoms with Crippen LogP contribution in [0.25, 0.3) is 0 Å². The van der Waals surface area contributed by atoms with Gasteiger partial charge < -0.3 is 10.1 Å². The van der Waals surface area contributed by atoms with E-state index in [9.17, 15) is 0 Å². The molecule has 0 spiro atoms. The number of methoxy groups -OCH3 is 1. The highest BCUT2D eigenvalue weighted by Crippen LogP contribution is 2.33. The monoisotopic (exact) mass is 363 g/mol. The van der Waals surface area contributed by atoms with Gasteiger partial charge in [0.05, 0.1) is 18.3 Å². The quantitative estimate of drug-likeness (QED) is 0.824. The van der Waals surface area contributed by atoms with E-state index < -0.39 is 0 Å². The lowest BCUT2D eigenvalue weighted by atomic mass is 10.0. The molecule has 0 aromatic heterocycles. The summed E-state index contributed by atoms with van der Waals surface area (Å²) in [5, 5.41) is 3.52. The Bertz CT molecular complexity index is 357. The summed E-state index contributed by atoms with van der Waals surface area (Å²) in [4.78, 5) is 0. The minimum atomic E-state index is 0.301. The Hall–Kier alpha value is -0.0600. The van der Waals surface area contributed by atoms with Crippen LogP contribution in [0.15, 0.2) is 21.1 Å². The molecular formula is C13H19Br2NO. The van der Waals surface area contributed by atoms with E-state index in [0.717, 1.165) is 14.6 Å². The van der Waals surface area contributed by atoms with Gasteiger partial charge in [0.1, 0.15) is 0 Å². The van der Waals surface area contributed by atoms with E-state index in [1.807, 2.05) is 0 Å². The molecule has 1 N–H and O–H groups in total. The van der Waals surface area contributed by atoms with Gasteiger partial charge in [-0.2, -0.15) is 0 Å². The summed E-state index contributed by atoms with van der Waals surface area (Å²) in [6.45, 7) is 7.15. The first-order chi connectivity index (χ1) is 7.95. The van der Waals surface area contributed by atoms with Gasteiger partial charge in [-0.1, -0.05) is 13.8 Å². The van der Waals surface area contributed by atoms with E-state index in [4.69, 9.17) is 4.74 Å². The maximum atomic E-state index is 5.25. The molecule has 0 aliphatic heterocycles. The van der Waals surface area contributed by atoms with Crippen LogP contribution in [-0.4, -0.2) is 19.8 Å². The van der Waals surface area contributed by atoms with E-state index >= 15 is 0 Å². The Morgan fingerprint density at radius 1 is 1.24 bits per heavy atom. The standard InChI is InChI=1S/C13H19Br2NO/c1-8(2)12(7-17-4)16-13-10(14)5-9(3)6-11(13)15/h5-6,8,12,16H,7H2,1-4H3. The van der Waals surface area contributed by atoms with E-state index in [2.05, 4.69) is 70.1 Å². The molecule has 0 heterocycles. The van der Waals surface area contributed by atoms with Crippen molar-refractivity contribution in [3.63, 3.8) is 0 Å². The van der Waals surface area contributed by atoms with Crippen molar-refractivity contribution in [3.05, 3.63) is 26.6 Å². The van der Waals surface area contributed by atoms with Crippen molar-refractivity contribution in [1.29, 1.82) is 0 Å². The zero-order chi connectivity index (χ0) is 13.0. The highest BCUT2D eigenvalue weighted by molar-refractivity contribution is 9.11. The van der Waals surface area contributed by atoms with Crippen molar-refractivity contribution in [2.75, 3.05) is 19.0 Å². The Morgan fingerprint density at radius 3 is 2.18 bits per heavy atom. The van der Waals surface area contributed by atoms with E-state index in [1.165, 1.54) is 5.56 Å². The van der Waals surface area contributed by atoms with Crippen molar-refractivity contribution in [2.45, 2.75) is 26.8 Å². The van der Waals surface area contributed by atoms with Crippen molar-refractivity contribution in [1.82, 2.24) is 0 Å². The lowest BCUT2D eigenvalue weighted by Gasteiger charge is -2.24. The van der Waals surface area contributed by atoms with Crippen LogP contribution < -0.4 is 5.32 Å². The molecule has 0 saturated carbocycles. The topological polar surface area (TPSA) is 21.3 Å². The van der Waals surface area contributed by atoms with Gasteiger partial charge in [0, 0.05) is 16.1 Å². The summed E-state index contributed by atoms with van der Waals surface area (Å²) in [6.07, 6.45) is 0. The molecule has 0 fully saturated rings. The second kappa shape index (κ2) is 6.76. The third-order valence-corrected chi connectivity index (χ3v) is 3.92. The molecule has 0 amide bonds. The number of nitrogens with one attached hydrogen (secondary N) is 1. The van der Waals surface area contributed by atoms with Gasteiger partial charge in [-0.15, -0.1) is 0 Å². The summed E-state index contributed by atoms with van der Waals surface area (Å²) in [5.41, 5.74) is 2.31. The lowest BCUT2D eigenvalue weighted by Crippen LogP contribution is -2.30. The second-order valence-corrected chi connectivity index (χ2v) is 6.26. The van der Waals surface area contributed by atoms with Gasteiger partial charge >= 0.3 is 0 Å². The zero-order valence-electron chi connectivity index (χ0n) is 10.7. The summed E-state index contributed by atoms with van der Waals surface area (Å²) in [6, 6.07) is 4.52. The Labute approximate surface area is 120 Å². The van der Waals surface area contributed by atoms with Crippen LogP contribution in [0, 0.1) is 12.8 Å². The molecule has 0 saturated heterocycles. The molecular weight excluding hydrogens is 346 g/mol. The predicted molar refractivity (Wildman–Crippen MR) is 80.7 cm³/mol. The average molecular weight is 365 g/mol. The smallest absolute Gasteiger partial charge is 0.0666 e. The number of halogens is 2. The molecule has 0 radical (unpaired) electrons. The Morgan fingerprint density at radius 2 is 1.76 bits per heavy atom. The predicted octanol–water partition coefficient (Wildman–Crippen LogP) is 4.60. The molecule has 2 nitrogen and oxygen atoms in total. The van der Waals surface area contributed by atoms with Gasteiger partial charge in [0.2, 0.25) is 0 Å². The number of aryl methyl sites for hydroxylation is 1. The summed E-state index contributed by atoms with van der Waals surface area (Å²) in [7, 11) is 1.73. The number of hydrogen-bond acceptors (Lipinski definition) is 2. The molecule has 1 unspecified atom stereocenters. The Balaban J connectivity index is 2.93. The zero-order valence-corrected chi connectivity index (χ0v) is 13.9. The molecule has 1 aromatic rings. The molecule has 17 heavy (non-hydrogen) atoms. The molecule has 4 heteroatoms. The molecule has 0 aliphatic carbocycles. The van der Waals surface area contributed by atoms with Crippen molar-refractivity contribution < 1.29 is 4.74 Å². The van der Waals surface area contributed by atoms with E-state index in [-0.39, 0.29) is 0 Å². The number of ether oxygens (including phenoxy) is 1. The number of anilines is 1. The maximum absolute atomic E-state index is 5.25. The molecule has 1 atom stereocenters. The molecule has 1 rings (SSSR count). The Kier molecular flexibility index (Phi) is 5.97. The van der Waals surface area contributed by atoms with Crippen LogP contribution in [0.1, 0.15) is 19.4 Å². The average Bonchev–Trinajstić information content (AvgIpc) is 2.21. The van der Waals surface area contributed by atoms with Crippen LogP contribution >= 0.6 is 31.9 Å². The first kappa shape index (κ1) is 15.0. The third-order valence-electron chi connectivity index (χ3n) is 2.67. The largest absolute Gasteiger partial charge is 0.383 e. The van der Waals surface area contributed by atoms with Crippen molar-refractivity contribution in [3.8, 4) is 0 Å². The van der Waals surface area contributed by atoms with Gasteiger partial charge in [-0.25, -0.2) is 0 Å². The fourth-order valence-corrected chi connectivity index (χ4v) is 3.25. The second-order valence-electron chi connectivity index (χ2n) is 4.55. The van der Waals surface area contributed by atoms with Gasteiger partial charge in [-0.3, -0.25) is 0 Å². The van der Waals surface area contributed by atoms with Gasteiger partial charge in [0.15, 0.2) is 0 Å². The SMILES string of the molecule is COCC(Nc1c(Br)cc(C)cc1Br)C(C)C. The molecule has 0 aliphatic rings. The summed E-state index contributed by atoms with van der Waals surface area (Å²) < 4.78 is 7.40. The molecule has 96 valence electrons. The number of hydrogen-bond donors (Lipinski definition) is 1. The summed E-state index contributed by atoms with van der Waals surface area (Å²) in [5.74, 6) is 0.509. The van der Waals surface area contributed by atoms with Crippen LogP contribution in [-0.2, 0) is 4.74 Å². The number of benzene rings is 1. The van der Waals surface area contributed by atoms with E-state index in [0.29, 0.717) is 18.6 Å². The lowest BCUT2D eigenvalue weighted by molar-refractivity contribution is 0.171. The highest BCUT2D eigenvalue weighted by atomic mass is 79.9. The summed E-state index contributed by atoms with van der Waals surface area (Å²) >= 11 is 7.19.